The minimum Gasteiger partial charge on any atom is -0.0683 e. The highest BCUT2D eigenvalue weighted by atomic mass is 14.2. The van der Waals surface area contributed by atoms with Gasteiger partial charge in [-0.15, -0.1) is 0 Å². The minimum absolute atomic E-state index is 1.07. The predicted molar refractivity (Wildman–Crippen MR) is 125 cm³/mol. The second-order valence-corrected chi connectivity index (χ2v) is 8.02. The van der Waals surface area contributed by atoms with Crippen LogP contribution in [0.2, 0.25) is 0 Å². The van der Waals surface area contributed by atoms with E-state index in [0.29, 0.717) is 0 Å². The zero-order chi connectivity index (χ0) is 19.8. The van der Waals surface area contributed by atoms with E-state index in [0.717, 1.165) is 6.42 Å². The Labute approximate surface area is 173 Å². The molecule has 29 heavy (non-hydrogen) atoms. The van der Waals surface area contributed by atoms with Gasteiger partial charge in [0.15, 0.2) is 0 Å². The molecule has 0 fully saturated rings. The highest BCUT2D eigenvalue weighted by Gasteiger charge is 2.18. The largest absolute Gasteiger partial charge is 0.0683 e. The first-order valence-corrected chi connectivity index (χ1v) is 10.2. The Kier molecular flexibility index (Phi) is 4.41. The number of hydrogen-bond donors (Lipinski definition) is 0. The van der Waals surface area contributed by atoms with Crippen molar-refractivity contribution in [2.75, 3.05) is 0 Å². The molecule has 0 radical (unpaired) electrons. The van der Waals surface area contributed by atoms with Crippen LogP contribution >= 0.6 is 0 Å². The van der Waals surface area contributed by atoms with E-state index >= 15 is 0 Å². The molecular formula is C29H24. The van der Waals surface area contributed by atoms with Crippen molar-refractivity contribution in [3.63, 3.8) is 0 Å². The van der Waals surface area contributed by atoms with Crippen molar-refractivity contribution in [1.29, 1.82) is 0 Å². The SMILES string of the molecule is CC1=Cc2c(-c3cc(-c4ccccc4)cc(-c4ccccc4)c3)ccc(C)c2C1. The molecule has 4 aromatic rings. The van der Waals surface area contributed by atoms with Crippen molar-refractivity contribution in [3.8, 4) is 33.4 Å². The first kappa shape index (κ1) is 17.7. The molecule has 0 nitrogen and oxygen atoms in total. The summed E-state index contributed by atoms with van der Waals surface area (Å²) in [5, 5.41) is 0. The predicted octanol–water partition coefficient (Wildman–Crippen LogP) is 7.96. The smallest absolute Gasteiger partial charge is 0.00577 e. The summed E-state index contributed by atoms with van der Waals surface area (Å²) >= 11 is 0. The van der Waals surface area contributed by atoms with E-state index in [1.165, 1.54) is 55.6 Å². The van der Waals surface area contributed by atoms with E-state index in [1.54, 1.807) is 0 Å². The van der Waals surface area contributed by atoms with Crippen LogP contribution in [0, 0.1) is 6.92 Å². The minimum atomic E-state index is 1.07. The number of benzene rings is 4. The number of aryl methyl sites for hydroxylation is 1. The van der Waals surface area contributed by atoms with Crippen molar-refractivity contribution in [3.05, 3.63) is 113 Å². The van der Waals surface area contributed by atoms with Gasteiger partial charge < -0.3 is 0 Å². The third kappa shape index (κ3) is 3.32. The molecule has 5 rings (SSSR count). The maximum Gasteiger partial charge on any atom is -0.00577 e. The molecule has 140 valence electrons. The van der Waals surface area contributed by atoms with Gasteiger partial charge in [-0.25, -0.2) is 0 Å². The standard InChI is InChI=1S/C29H24/c1-20-15-28-21(2)13-14-27(29(28)16-20)26-18-24(22-9-5-3-6-10-22)17-25(19-26)23-11-7-4-8-12-23/h3-14,16-19H,15H2,1-2H3. The summed E-state index contributed by atoms with van der Waals surface area (Å²) in [5.41, 5.74) is 13.3. The molecule has 0 saturated carbocycles. The second kappa shape index (κ2) is 7.22. The maximum atomic E-state index is 2.37. The van der Waals surface area contributed by atoms with Crippen LogP contribution in [0.15, 0.2) is 96.6 Å². The molecule has 0 N–H and O–H groups in total. The molecule has 0 bridgehead atoms. The Morgan fingerprint density at radius 2 is 1.10 bits per heavy atom. The Morgan fingerprint density at radius 3 is 1.69 bits per heavy atom. The molecule has 1 aliphatic carbocycles. The highest BCUT2D eigenvalue weighted by Crippen LogP contribution is 2.39. The normalized spacial score (nSPS) is 12.6. The number of fused-ring (bicyclic) bond motifs is 1. The third-order valence-electron chi connectivity index (χ3n) is 5.90. The van der Waals surface area contributed by atoms with Crippen molar-refractivity contribution >= 4 is 6.08 Å². The summed E-state index contributed by atoms with van der Waals surface area (Å²) in [5.74, 6) is 0. The lowest BCUT2D eigenvalue weighted by molar-refractivity contribution is 1.16. The number of hydrogen-bond acceptors (Lipinski definition) is 0. The van der Waals surface area contributed by atoms with Gasteiger partial charge in [0.05, 0.1) is 0 Å². The molecule has 0 spiro atoms. The van der Waals surface area contributed by atoms with Crippen molar-refractivity contribution in [2.45, 2.75) is 20.3 Å². The molecular weight excluding hydrogens is 348 g/mol. The van der Waals surface area contributed by atoms with Crippen LogP contribution in [0.25, 0.3) is 39.5 Å². The van der Waals surface area contributed by atoms with Crippen LogP contribution in [0.1, 0.15) is 23.6 Å². The van der Waals surface area contributed by atoms with E-state index in [1.807, 2.05) is 0 Å². The van der Waals surface area contributed by atoms with E-state index in [4.69, 9.17) is 0 Å². The molecule has 0 heterocycles. The summed E-state index contributed by atoms with van der Waals surface area (Å²) in [6, 6.07) is 32.9. The van der Waals surface area contributed by atoms with Gasteiger partial charge in [0.1, 0.15) is 0 Å². The molecule has 0 saturated heterocycles. The number of rotatable bonds is 3. The second-order valence-electron chi connectivity index (χ2n) is 8.02. The lowest BCUT2D eigenvalue weighted by Crippen LogP contribution is -1.93. The van der Waals surface area contributed by atoms with Gasteiger partial charge in [0.2, 0.25) is 0 Å². The summed E-state index contributed by atoms with van der Waals surface area (Å²) in [6.07, 6.45) is 3.44. The van der Waals surface area contributed by atoms with Crippen LogP contribution in [-0.2, 0) is 6.42 Å². The topological polar surface area (TPSA) is 0 Å². The van der Waals surface area contributed by atoms with Crippen molar-refractivity contribution in [2.24, 2.45) is 0 Å². The van der Waals surface area contributed by atoms with E-state index < -0.39 is 0 Å². The fourth-order valence-corrected chi connectivity index (χ4v) is 4.38. The third-order valence-corrected chi connectivity index (χ3v) is 5.90. The van der Waals surface area contributed by atoms with Crippen LogP contribution in [-0.4, -0.2) is 0 Å². The zero-order valence-electron chi connectivity index (χ0n) is 16.9. The molecule has 0 amide bonds. The van der Waals surface area contributed by atoms with Crippen LogP contribution in [0.4, 0.5) is 0 Å². The number of allylic oxidation sites excluding steroid dienone is 1. The molecule has 1 aliphatic rings. The summed E-state index contributed by atoms with van der Waals surface area (Å²) in [4.78, 5) is 0. The Bertz CT molecular complexity index is 1150. The van der Waals surface area contributed by atoms with Crippen molar-refractivity contribution < 1.29 is 0 Å². The van der Waals surface area contributed by atoms with E-state index in [2.05, 4.69) is 111 Å². The molecule has 4 aromatic carbocycles. The Morgan fingerprint density at radius 1 is 0.552 bits per heavy atom. The Hall–Kier alpha value is -3.38. The van der Waals surface area contributed by atoms with Crippen LogP contribution < -0.4 is 0 Å². The fourth-order valence-electron chi connectivity index (χ4n) is 4.38. The monoisotopic (exact) mass is 372 g/mol. The van der Waals surface area contributed by atoms with Gasteiger partial charge >= 0.3 is 0 Å². The average molecular weight is 373 g/mol. The zero-order valence-corrected chi connectivity index (χ0v) is 16.9. The maximum absolute atomic E-state index is 2.37. The van der Waals surface area contributed by atoms with Gasteiger partial charge in [0, 0.05) is 0 Å². The van der Waals surface area contributed by atoms with Gasteiger partial charge in [0.25, 0.3) is 0 Å². The van der Waals surface area contributed by atoms with Crippen LogP contribution in [0.5, 0.6) is 0 Å². The Balaban J connectivity index is 1.75. The lowest BCUT2D eigenvalue weighted by atomic mass is 9.89. The molecule has 0 unspecified atom stereocenters. The highest BCUT2D eigenvalue weighted by molar-refractivity contribution is 5.87. The summed E-state index contributed by atoms with van der Waals surface area (Å²) < 4.78 is 0. The summed E-state index contributed by atoms with van der Waals surface area (Å²) in [7, 11) is 0. The quantitative estimate of drug-likeness (QED) is 0.342. The van der Waals surface area contributed by atoms with Crippen LogP contribution in [0.3, 0.4) is 0 Å². The van der Waals surface area contributed by atoms with Gasteiger partial charge in [-0.1, -0.05) is 84.4 Å². The molecule has 0 atom stereocenters. The van der Waals surface area contributed by atoms with Gasteiger partial charge in [-0.3, -0.25) is 0 Å². The van der Waals surface area contributed by atoms with E-state index in [-0.39, 0.29) is 0 Å². The van der Waals surface area contributed by atoms with Crippen molar-refractivity contribution in [1.82, 2.24) is 0 Å². The van der Waals surface area contributed by atoms with Gasteiger partial charge in [-0.05, 0) is 88.5 Å². The lowest BCUT2D eigenvalue weighted by Gasteiger charge is -2.15. The van der Waals surface area contributed by atoms with Gasteiger partial charge in [-0.2, -0.15) is 0 Å². The molecule has 0 aliphatic heterocycles. The summed E-state index contributed by atoms with van der Waals surface area (Å²) in [6.45, 7) is 4.46. The van der Waals surface area contributed by atoms with E-state index in [9.17, 15) is 0 Å². The first-order valence-electron chi connectivity index (χ1n) is 10.2. The molecule has 0 aromatic heterocycles. The molecule has 0 heteroatoms. The fraction of sp³-hybridized carbons (Fsp3) is 0.103. The average Bonchev–Trinajstić information content (AvgIpc) is 3.17. The first-order chi connectivity index (χ1) is 14.2.